The minimum Gasteiger partial charge on any atom is -0.361 e. The van der Waals surface area contributed by atoms with Crippen molar-refractivity contribution in [2.75, 3.05) is 17.2 Å². The number of benzene rings is 1. The number of nitrogens with zero attached hydrogens (tertiary/aromatic N) is 5. The van der Waals surface area contributed by atoms with Crippen molar-refractivity contribution in [1.29, 1.82) is 0 Å². The highest BCUT2D eigenvalue weighted by atomic mass is 32.1. The lowest BCUT2D eigenvalue weighted by molar-refractivity contribution is 0.102. The average Bonchev–Trinajstić information content (AvgIpc) is 3.40. The minimum absolute atomic E-state index is 0.0567. The molecule has 2 N–H and O–H groups in total. The summed E-state index contributed by atoms with van der Waals surface area (Å²) in [5, 5.41) is 14.7. The van der Waals surface area contributed by atoms with E-state index in [1.54, 1.807) is 24.5 Å². The Balaban J connectivity index is 1.56. The standard InChI is InChI=1S/C22H24FN7OS/c1-4-5-9-24-22-27-17-11-15(23)14(10-18(17)32-22)21(31)28-19-8-6-7-16(26-19)20-29-25-12-30(20)13(2)3/h6-8,10-13H,4-5,9H2,1-3H3,(H,24,27)(H,26,28,31). The summed E-state index contributed by atoms with van der Waals surface area (Å²) in [5.41, 5.74) is 1.03. The Morgan fingerprint density at radius 2 is 2.09 bits per heavy atom. The highest BCUT2D eigenvalue weighted by Crippen LogP contribution is 2.29. The Morgan fingerprint density at radius 1 is 1.25 bits per heavy atom. The normalized spacial score (nSPS) is 11.3. The van der Waals surface area contributed by atoms with Crippen LogP contribution in [0.25, 0.3) is 21.7 Å². The van der Waals surface area contributed by atoms with Crippen molar-refractivity contribution < 1.29 is 9.18 Å². The van der Waals surface area contributed by atoms with E-state index >= 15 is 0 Å². The van der Waals surface area contributed by atoms with Crippen LogP contribution in [0.2, 0.25) is 0 Å². The average molecular weight is 454 g/mol. The molecule has 3 aromatic heterocycles. The first-order valence-electron chi connectivity index (χ1n) is 10.5. The van der Waals surface area contributed by atoms with Gasteiger partial charge in [-0.1, -0.05) is 30.7 Å². The summed E-state index contributed by atoms with van der Waals surface area (Å²) in [5.74, 6) is -0.308. The molecule has 1 aromatic carbocycles. The summed E-state index contributed by atoms with van der Waals surface area (Å²) in [7, 11) is 0. The number of hydrogen-bond acceptors (Lipinski definition) is 7. The number of halogens is 1. The molecular weight excluding hydrogens is 429 g/mol. The molecule has 3 heterocycles. The van der Waals surface area contributed by atoms with Crippen LogP contribution in [-0.4, -0.2) is 37.2 Å². The van der Waals surface area contributed by atoms with Gasteiger partial charge in [0, 0.05) is 18.7 Å². The van der Waals surface area contributed by atoms with Crippen molar-refractivity contribution in [3.8, 4) is 11.5 Å². The van der Waals surface area contributed by atoms with Crippen molar-refractivity contribution in [2.24, 2.45) is 0 Å². The highest BCUT2D eigenvalue weighted by Gasteiger charge is 2.17. The second-order valence-electron chi connectivity index (χ2n) is 7.62. The second-order valence-corrected chi connectivity index (χ2v) is 8.65. The predicted octanol–water partition coefficient (Wildman–Crippen LogP) is 5.13. The third-order valence-electron chi connectivity index (χ3n) is 4.88. The monoisotopic (exact) mass is 453 g/mol. The summed E-state index contributed by atoms with van der Waals surface area (Å²) in [6.07, 6.45) is 3.73. The zero-order chi connectivity index (χ0) is 22.7. The molecule has 32 heavy (non-hydrogen) atoms. The molecule has 0 atom stereocenters. The maximum absolute atomic E-state index is 14.7. The number of carbonyl (C=O) groups excluding carboxylic acids is 1. The van der Waals surface area contributed by atoms with Gasteiger partial charge in [0.2, 0.25) is 0 Å². The fourth-order valence-corrected chi connectivity index (χ4v) is 4.10. The summed E-state index contributed by atoms with van der Waals surface area (Å²) in [6.45, 7) is 6.95. The van der Waals surface area contributed by atoms with Crippen LogP contribution >= 0.6 is 11.3 Å². The maximum Gasteiger partial charge on any atom is 0.259 e. The SMILES string of the molecule is CCCCNc1nc2cc(F)c(C(=O)Nc3cccc(-c4nncn4C(C)C)n3)cc2s1. The van der Waals surface area contributed by atoms with E-state index in [9.17, 15) is 9.18 Å². The van der Waals surface area contributed by atoms with E-state index in [-0.39, 0.29) is 11.6 Å². The van der Waals surface area contributed by atoms with E-state index in [0.29, 0.717) is 28.0 Å². The molecule has 8 nitrogen and oxygen atoms in total. The molecule has 0 bridgehead atoms. The Hall–Kier alpha value is -3.40. The van der Waals surface area contributed by atoms with Gasteiger partial charge in [0.1, 0.15) is 23.7 Å². The topological polar surface area (TPSA) is 97.6 Å². The number of rotatable bonds is 8. The van der Waals surface area contributed by atoms with Crippen LogP contribution in [0.4, 0.5) is 15.3 Å². The predicted molar refractivity (Wildman–Crippen MR) is 125 cm³/mol. The molecule has 0 saturated carbocycles. The van der Waals surface area contributed by atoms with Crippen LogP contribution in [0.5, 0.6) is 0 Å². The van der Waals surface area contributed by atoms with Crippen LogP contribution in [-0.2, 0) is 0 Å². The molecule has 166 valence electrons. The fourth-order valence-electron chi connectivity index (χ4n) is 3.19. The number of amides is 1. The van der Waals surface area contributed by atoms with Gasteiger partial charge in [-0.15, -0.1) is 10.2 Å². The van der Waals surface area contributed by atoms with E-state index < -0.39 is 11.7 Å². The Bertz CT molecular complexity index is 1250. The van der Waals surface area contributed by atoms with Crippen LogP contribution in [0.1, 0.15) is 50.0 Å². The van der Waals surface area contributed by atoms with Crippen molar-refractivity contribution in [3.63, 3.8) is 0 Å². The first-order chi connectivity index (χ1) is 15.5. The number of unbranched alkanes of at least 4 members (excludes halogenated alkanes) is 1. The molecule has 0 spiro atoms. The molecule has 0 aliphatic carbocycles. The van der Waals surface area contributed by atoms with Gasteiger partial charge in [-0.25, -0.2) is 14.4 Å². The smallest absolute Gasteiger partial charge is 0.259 e. The first-order valence-corrected chi connectivity index (χ1v) is 11.3. The number of anilines is 2. The van der Waals surface area contributed by atoms with E-state index in [0.717, 1.165) is 24.1 Å². The zero-order valence-corrected chi connectivity index (χ0v) is 18.9. The molecule has 4 rings (SSSR count). The summed E-state index contributed by atoms with van der Waals surface area (Å²) in [4.78, 5) is 21.7. The van der Waals surface area contributed by atoms with E-state index in [1.165, 1.54) is 23.5 Å². The van der Waals surface area contributed by atoms with Crippen LogP contribution in [0.3, 0.4) is 0 Å². The van der Waals surface area contributed by atoms with Gasteiger partial charge >= 0.3 is 0 Å². The first kappa shape index (κ1) is 21.8. The van der Waals surface area contributed by atoms with Crippen molar-refractivity contribution in [2.45, 2.75) is 39.7 Å². The van der Waals surface area contributed by atoms with E-state index in [1.807, 2.05) is 18.4 Å². The van der Waals surface area contributed by atoms with Gasteiger partial charge in [0.05, 0.1) is 15.8 Å². The number of hydrogen-bond donors (Lipinski definition) is 2. The van der Waals surface area contributed by atoms with Crippen molar-refractivity contribution >= 4 is 38.4 Å². The van der Waals surface area contributed by atoms with Gasteiger partial charge in [-0.2, -0.15) is 0 Å². The highest BCUT2D eigenvalue weighted by molar-refractivity contribution is 7.22. The van der Waals surface area contributed by atoms with Gasteiger partial charge < -0.3 is 15.2 Å². The molecule has 0 aliphatic heterocycles. The summed E-state index contributed by atoms with van der Waals surface area (Å²) in [6, 6.07) is 8.17. The van der Waals surface area contributed by atoms with E-state index in [2.05, 4.69) is 37.7 Å². The van der Waals surface area contributed by atoms with Crippen LogP contribution in [0, 0.1) is 5.82 Å². The van der Waals surface area contributed by atoms with Crippen molar-refractivity contribution in [3.05, 3.63) is 48.0 Å². The van der Waals surface area contributed by atoms with Gasteiger partial charge in [-0.05, 0) is 38.5 Å². The number of thiazole rings is 1. The van der Waals surface area contributed by atoms with Gasteiger partial charge in [-0.3, -0.25) is 4.79 Å². The maximum atomic E-state index is 14.7. The summed E-state index contributed by atoms with van der Waals surface area (Å²) >= 11 is 1.40. The van der Waals surface area contributed by atoms with E-state index in [4.69, 9.17) is 0 Å². The summed E-state index contributed by atoms with van der Waals surface area (Å²) < 4.78 is 17.3. The molecular formula is C22H24FN7OS. The molecule has 0 aliphatic rings. The number of fused-ring (bicyclic) bond motifs is 1. The largest absolute Gasteiger partial charge is 0.361 e. The molecule has 0 fully saturated rings. The van der Waals surface area contributed by atoms with Crippen LogP contribution in [0.15, 0.2) is 36.7 Å². The van der Waals surface area contributed by atoms with Crippen molar-refractivity contribution in [1.82, 2.24) is 24.7 Å². The third-order valence-corrected chi connectivity index (χ3v) is 5.85. The Kier molecular flexibility index (Phi) is 6.40. The van der Waals surface area contributed by atoms with Gasteiger partial charge in [0.15, 0.2) is 11.0 Å². The Morgan fingerprint density at radius 3 is 2.88 bits per heavy atom. The lowest BCUT2D eigenvalue weighted by Gasteiger charge is -2.11. The molecule has 10 heteroatoms. The molecule has 0 saturated heterocycles. The minimum atomic E-state index is -0.629. The van der Waals surface area contributed by atoms with Crippen LogP contribution < -0.4 is 10.6 Å². The molecule has 0 unspecified atom stereocenters. The number of pyridine rings is 1. The molecule has 4 aromatic rings. The molecule has 0 radical (unpaired) electrons. The lowest BCUT2D eigenvalue weighted by Crippen LogP contribution is -2.15. The number of aromatic nitrogens is 5. The quantitative estimate of drug-likeness (QED) is 0.359. The Labute approximate surface area is 188 Å². The second kappa shape index (κ2) is 9.39. The zero-order valence-electron chi connectivity index (χ0n) is 18.1. The third kappa shape index (κ3) is 4.59. The lowest BCUT2D eigenvalue weighted by atomic mass is 10.2. The van der Waals surface area contributed by atoms with Gasteiger partial charge in [0.25, 0.3) is 5.91 Å². The number of nitrogens with one attached hydrogen (secondary N) is 2. The number of carbonyl (C=O) groups is 1. The fraction of sp³-hybridized carbons (Fsp3) is 0.318. The molecule has 1 amide bonds.